The van der Waals surface area contributed by atoms with Crippen molar-refractivity contribution in [2.75, 3.05) is 0 Å². The van der Waals surface area contributed by atoms with Gasteiger partial charge in [0.2, 0.25) is 0 Å². The molecule has 4 heteroatoms. The van der Waals surface area contributed by atoms with Crippen LogP contribution >= 0.6 is 50.1 Å². The van der Waals surface area contributed by atoms with Gasteiger partial charge in [0.15, 0.2) is 0 Å². The first-order chi connectivity index (χ1) is 10.1. The molecule has 0 radical (unpaired) electrons. The zero-order valence-electron chi connectivity index (χ0n) is 10.8. The van der Waals surface area contributed by atoms with Gasteiger partial charge in [0.25, 0.3) is 0 Å². The van der Waals surface area contributed by atoms with E-state index in [-0.39, 0.29) is 10.6 Å². The summed E-state index contributed by atoms with van der Waals surface area (Å²) < 4.78 is 14.2. The minimum Gasteiger partial charge on any atom is -0.207 e. The quantitative estimate of drug-likeness (QED) is 0.285. The molecule has 0 amide bonds. The molecule has 0 N–H and O–H groups in total. The maximum absolute atomic E-state index is 13.3. The van der Waals surface area contributed by atoms with Gasteiger partial charge >= 0.3 is 0 Å². The summed E-state index contributed by atoms with van der Waals surface area (Å²) in [4.78, 5) is -0.00725. The summed E-state index contributed by atoms with van der Waals surface area (Å²) in [5, 5.41) is 2.87. The number of hydrogen-bond acceptors (Lipinski definition) is 0. The van der Waals surface area contributed by atoms with Crippen LogP contribution in [-0.2, 0) is 0 Å². The molecule has 0 aliphatic rings. The molecule has 0 saturated carbocycles. The van der Waals surface area contributed by atoms with Crippen LogP contribution < -0.4 is 0 Å². The molecule has 0 aromatic heterocycles. The van der Waals surface area contributed by atoms with Gasteiger partial charge in [-0.3, -0.25) is 0 Å². The predicted octanol–water partition coefficient (Wildman–Crippen LogP) is 6.72. The Morgan fingerprint density at radius 1 is 0.952 bits per heavy atom. The zero-order valence-corrected chi connectivity index (χ0v) is 15.3. The normalized spacial score (nSPS) is 12.6. The minimum atomic E-state index is -0.219. The molecular weight excluding hydrogens is 465 g/mol. The molecule has 0 aliphatic carbocycles. The van der Waals surface area contributed by atoms with E-state index in [1.54, 1.807) is 6.07 Å². The standard InChI is InChI=1S/C17H10BrClFI/c18-17(14-6-5-10(20)9-16(14)21)13-7-8-15(19)12-4-2-1-3-11(12)13/h1-9,17H. The first kappa shape index (κ1) is 15.3. The Morgan fingerprint density at radius 3 is 2.33 bits per heavy atom. The number of halogens is 4. The molecule has 3 aromatic rings. The lowest BCUT2D eigenvalue weighted by atomic mass is 9.98. The van der Waals surface area contributed by atoms with E-state index in [0.717, 1.165) is 30.5 Å². The van der Waals surface area contributed by atoms with Crippen molar-refractivity contribution in [1.29, 1.82) is 0 Å². The van der Waals surface area contributed by atoms with E-state index in [1.807, 2.05) is 36.4 Å². The van der Waals surface area contributed by atoms with Crippen LogP contribution in [0.3, 0.4) is 0 Å². The summed E-state index contributed by atoms with van der Waals surface area (Å²) in [6, 6.07) is 16.8. The van der Waals surface area contributed by atoms with Crippen LogP contribution in [0.5, 0.6) is 0 Å². The summed E-state index contributed by atoms with van der Waals surface area (Å²) in [6.07, 6.45) is 0. The highest BCUT2D eigenvalue weighted by Crippen LogP contribution is 2.39. The average Bonchev–Trinajstić information content (AvgIpc) is 2.47. The Kier molecular flexibility index (Phi) is 4.52. The number of fused-ring (bicyclic) bond motifs is 1. The van der Waals surface area contributed by atoms with Gasteiger partial charge in [-0.2, -0.15) is 0 Å². The lowest BCUT2D eigenvalue weighted by molar-refractivity contribution is 0.626. The molecule has 0 saturated heterocycles. The van der Waals surface area contributed by atoms with E-state index in [9.17, 15) is 4.39 Å². The highest BCUT2D eigenvalue weighted by Gasteiger charge is 2.17. The third kappa shape index (κ3) is 2.96. The minimum absolute atomic E-state index is 0.00725. The highest BCUT2D eigenvalue weighted by atomic mass is 127. The molecule has 3 rings (SSSR count). The molecule has 0 bridgehead atoms. The van der Waals surface area contributed by atoms with Crippen LogP contribution in [0.15, 0.2) is 54.6 Å². The molecule has 3 aromatic carbocycles. The van der Waals surface area contributed by atoms with Crippen LogP contribution in [0.1, 0.15) is 16.0 Å². The van der Waals surface area contributed by atoms with Gasteiger partial charge in [-0.05, 0) is 57.3 Å². The molecule has 1 atom stereocenters. The van der Waals surface area contributed by atoms with Gasteiger partial charge < -0.3 is 0 Å². The molecular formula is C17H10BrClFI. The first-order valence-corrected chi connectivity index (χ1v) is 8.71. The summed E-state index contributed by atoms with van der Waals surface area (Å²) in [6.45, 7) is 0. The summed E-state index contributed by atoms with van der Waals surface area (Å²) in [7, 11) is 0. The molecule has 0 spiro atoms. The van der Waals surface area contributed by atoms with Gasteiger partial charge in [-0.15, -0.1) is 0 Å². The fourth-order valence-corrected chi connectivity index (χ4v) is 4.62. The predicted molar refractivity (Wildman–Crippen MR) is 98.8 cm³/mol. The van der Waals surface area contributed by atoms with E-state index in [2.05, 4.69) is 44.6 Å². The van der Waals surface area contributed by atoms with Crippen LogP contribution in [0.25, 0.3) is 10.8 Å². The van der Waals surface area contributed by atoms with Crippen molar-refractivity contribution in [3.05, 3.63) is 80.1 Å². The molecule has 21 heavy (non-hydrogen) atoms. The van der Waals surface area contributed by atoms with Crippen molar-refractivity contribution in [3.63, 3.8) is 0 Å². The van der Waals surface area contributed by atoms with E-state index in [1.165, 1.54) is 6.07 Å². The van der Waals surface area contributed by atoms with Crippen molar-refractivity contribution in [1.82, 2.24) is 0 Å². The highest BCUT2D eigenvalue weighted by molar-refractivity contribution is 14.1. The SMILES string of the molecule is Fc1ccc(C(Br)c2ccc(Cl)c3ccccc23)c(I)c1. The van der Waals surface area contributed by atoms with Crippen LogP contribution in [0, 0.1) is 9.39 Å². The Bertz CT molecular complexity index is 819. The van der Waals surface area contributed by atoms with E-state index < -0.39 is 0 Å². The zero-order chi connectivity index (χ0) is 15.0. The van der Waals surface area contributed by atoms with E-state index >= 15 is 0 Å². The topological polar surface area (TPSA) is 0 Å². The molecule has 106 valence electrons. The second kappa shape index (κ2) is 6.23. The third-order valence-electron chi connectivity index (χ3n) is 3.41. The first-order valence-electron chi connectivity index (χ1n) is 6.34. The van der Waals surface area contributed by atoms with Gasteiger partial charge in [0.1, 0.15) is 5.82 Å². The second-order valence-corrected chi connectivity index (χ2v) is 7.20. The Morgan fingerprint density at radius 2 is 1.62 bits per heavy atom. The largest absolute Gasteiger partial charge is 0.207 e. The smallest absolute Gasteiger partial charge is 0.124 e. The lowest BCUT2D eigenvalue weighted by Gasteiger charge is -2.16. The number of alkyl halides is 1. The van der Waals surface area contributed by atoms with Crippen molar-refractivity contribution in [3.8, 4) is 0 Å². The van der Waals surface area contributed by atoms with Crippen molar-refractivity contribution in [2.24, 2.45) is 0 Å². The average molecular weight is 476 g/mol. The second-order valence-electron chi connectivity index (χ2n) is 4.71. The molecule has 0 nitrogen and oxygen atoms in total. The fraction of sp³-hybridized carbons (Fsp3) is 0.0588. The molecule has 0 heterocycles. The van der Waals surface area contributed by atoms with E-state index in [4.69, 9.17) is 11.6 Å². The van der Waals surface area contributed by atoms with Gasteiger partial charge in [0, 0.05) is 14.0 Å². The van der Waals surface area contributed by atoms with E-state index in [0.29, 0.717) is 0 Å². The van der Waals surface area contributed by atoms with Crippen molar-refractivity contribution < 1.29 is 4.39 Å². The number of rotatable bonds is 2. The Balaban J connectivity index is 2.18. The maximum Gasteiger partial charge on any atom is 0.124 e. The Hall–Kier alpha value is -0.650. The lowest BCUT2D eigenvalue weighted by Crippen LogP contribution is -1.98. The van der Waals surface area contributed by atoms with Crippen LogP contribution in [0.4, 0.5) is 4.39 Å². The number of hydrogen-bond donors (Lipinski definition) is 0. The van der Waals surface area contributed by atoms with Crippen molar-refractivity contribution >= 4 is 60.9 Å². The van der Waals surface area contributed by atoms with Crippen LogP contribution in [0.2, 0.25) is 5.02 Å². The van der Waals surface area contributed by atoms with Gasteiger partial charge in [-0.25, -0.2) is 4.39 Å². The van der Waals surface area contributed by atoms with Crippen LogP contribution in [-0.4, -0.2) is 0 Å². The molecule has 0 aliphatic heterocycles. The maximum atomic E-state index is 13.3. The van der Waals surface area contributed by atoms with Gasteiger partial charge in [0.05, 0.1) is 4.83 Å². The molecule has 0 fully saturated rings. The third-order valence-corrected chi connectivity index (χ3v) is 5.66. The van der Waals surface area contributed by atoms with Crippen molar-refractivity contribution in [2.45, 2.75) is 4.83 Å². The monoisotopic (exact) mass is 474 g/mol. The van der Waals surface area contributed by atoms with Gasteiger partial charge in [-0.1, -0.05) is 63.9 Å². The Labute approximate surface area is 149 Å². The summed E-state index contributed by atoms with van der Waals surface area (Å²) >= 11 is 12.2. The molecule has 1 unspecified atom stereocenters. The summed E-state index contributed by atoms with van der Waals surface area (Å²) in [5.74, 6) is -0.219. The number of benzene rings is 3. The summed E-state index contributed by atoms with van der Waals surface area (Å²) in [5.41, 5.74) is 2.17. The fourth-order valence-electron chi connectivity index (χ4n) is 2.38.